The van der Waals surface area contributed by atoms with Crippen LogP contribution in [0.4, 0.5) is 4.79 Å². The molecule has 3 rings (SSSR count). The Bertz CT molecular complexity index is 909. The van der Waals surface area contributed by atoms with E-state index < -0.39 is 12.0 Å². The quantitative estimate of drug-likeness (QED) is 0.733. The fourth-order valence-electron chi connectivity index (χ4n) is 3.22. The molecule has 1 N–H and O–H groups in total. The summed E-state index contributed by atoms with van der Waals surface area (Å²) < 4.78 is 5.47. The lowest BCUT2D eigenvalue weighted by atomic mass is 9.94. The largest absolute Gasteiger partial charge is 0.459 e. The first-order chi connectivity index (χ1) is 13.4. The van der Waals surface area contributed by atoms with Gasteiger partial charge in [-0.25, -0.2) is 9.59 Å². The number of ether oxygens (including phenoxy) is 1. The van der Waals surface area contributed by atoms with E-state index in [1.807, 2.05) is 36.4 Å². The second kappa shape index (κ2) is 8.48. The van der Waals surface area contributed by atoms with E-state index in [-0.39, 0.29) is 12.1 Å². The molecule has 0 spiro atoms. The van der Waals surface area contributed by atoms with Gasteiger partial charge < -0.3 is 10.1 Å². The summed E-state index contributed by atoms with van der Waals surface area (Å²) >= 11 is 6.36. The molecule has 0 radical (unpaired) electrons. The van der Waals surface area contributed by atoms with Crippen molar-refractivity contribution >= 4 is 23.6 Å². The van der Waals surface area contributed by atoms with E-state index in [4.69, 9.17) is 16.3 Å². The maximum absolute atomic E-state index is 12.9. The van der Waals surface area contributed by atoms with Gasteiger partial charge >= 0.3 is 12.0 Å². The lowest BCUT2D eigenvalue weighted by molar-refractivity contribution is -0.143. The van der Waals surface area contributed by atoms with Crippen LogP contribution in [0.15, 0.2) is 65.9 Å². The molecule has 28 heavy (non-hydrogen) atoms. The van der Waals surface area contributed by atoms with Crippen LogP contribution in [0.2, 0.25) is 5.02 Å². The molecule has 1 aliphatic rings. The summed E-state index contributed by atoms with van der Waals surface area (Å²) in [6.45, 7) is 5.71. The Morgan fingerprint density at radius 2 is 1.79 bits per heavy atom. The van der Waals surface area contributed by atoms with Gasteiger partial charge in [-0.1, -0.05) is 60.1 Å². The standard InChI is InChI=1S/C22H23ClN2O3/c1-14(2)28-21(26)19-15(3)25(13-16-9-5-4-6-10-16)22(27)24-20(19)17-11-7-8-12-18(17)23/h4-12,14,20H,13H2,1-3H3,(H,24,27). The molecule has 146 valence electrons. The van der Waals surface area contributed by atoms with Crippen molar-refractivity contribution in [3.8, 4) is 0 Å². The Morgan fingerprint density at radius 3 is 2.43 bits per heavy atom. The topological polar surface area (TPSA) is 58.6 Å². The van der Waals surface area contributed by atoms with Crippen molar-refractivity contribution < 1.29 is 14.3 Å². The minimum absolute atomic E-state index is 0.278. The van der Waals surface area contributed by atoms with Crippen molar-refractivity contribution in [1.29, 1.82) is 0 Å². The van der Waals surface area contributed by atoms with Gasteiger partial charge in [0.05, 0.1) is 24.3 Å². The number of nitrogens with one attached hydrogen (secondary N) is 1. The highest BCUT2D eigenvalue weighted by Gasteiger charge is 2.37. The zero-order valence-corrected chi connectivity index (χ0v) is 16.9. The minimum atomic E-state index is -0.667. The molecular weight excluding hydrogens is 376 g/mol. The summed E-state index contributed by atoms with van der Waals surface area (Å²) in [6, 6.07) is 15.8. The number of halogens is 1. The second-order valence-corrected chi connectivity index (χ2v) is 7.34. The van der Waals surface area contributed by atoms with Crippen molar-refractivity contribution in [1.82, 2.24) is 10.2 Å². The fourth-order valence-corrected chi connectivity index (χ4v) is 3.47. The normalized spacial score (nSPS) is 17.0. The van der Waals surface area contributed by atoms with Crippen molar-refractivity contribution in [2.24, 2.45) is 0 Å². The van der Waals surface area contributed by atoms with Gasteiger partial charge in [0.1, 0.15) is 0 Å². The molecule has 2 amide bonds. The zero-order chi connectivity index (χ0) is 20.3. The van der Waals surface area contributed by atoms with E-state index in [0.29, 0.717) is 28.4 Å². The lowest BCUT2D eigenvalue weighted by Crippen LogP contribution is -2.47. The highest BCUT2D eigenvalue weighted by atomic mass is 35.5. The first kappa shape index (κ1) is 20.0. The number of carbonyl (C=O) groups excluding carboxylic acids is 2. The molecule has 1 heterocycles. The van der Waals surface area contributed by atoms with Crippen LogP contribution in [0.3, 0.4) is 0 Å². The smallest absolute Gasteiger partial charge is 0.338 e. The predicted octanol–water partition coefficient (Wildman–Crippen LogP) is 4.83. The summed E-state index contributed by atoms with van der Waals surface area (Å²) in [6.07, 6.45) is -0.278. The highest BCUT2D eigenvalue weighted by molar-refractivity contribution is 6.31. The second-order valence-electron chi connectivity index (χ2n) is 6.93. The average molecular weight is 399 g/mol. The van der Waals surface area contributed by atoms with Crippen LogP contribution >= 0.6 is 11.6 Å². The molecular formula is C22H23ClN2O3. The molecule has 0 aromatic heterocycles. The van der Waals surface area contributed by atoms with Crippen LogP contribution in [0.5, 0.6) is 0 Å². The molecule has 0 saturated carbocycles. The zero-order valence-electron chi connectivity index (χ0n) is 16.1. The number of benzene rings is 2. The number of hydrogen-bond donors (Lipinski definition) is 1. The predicted molar refractivity (Wildman–Crippen MR) is 109 cm³/mol. The fraction of sp³-hybridized carbons (Fsp3) is 0.273. The Morgan fingerprint density at radius 1 is 1.14 bits per heavy atom. The third kappa shape index (κ3) is 4.20. The van der Waals surface area contributed by atoms with Gasteiger partial charge in [0.15, 0.2) is 0 Å². The Labute approximate surface area is 169 Å². The number of rotatable bonds is 5. The summed E-state index contributed by atoms with van der Waals surface area (Å²) in [5.41, 5.74) is 2.57. The van der Waals surface area contributed by atoms with E-state index in [9.17, 15) is 9.59 Å². The van der Waals surface area contributed by atoms with Gasteiger partial charge in [0.25, 0.3) is 0 Å². The third-order valence-corrected chi connectivity index (χ3v) is 4.90. The number of hydrogen-bond acceptors (Lipinski definition) is 3. The van der Waals surface area contributed by atoms with Gasteiger partial charge in [-0.15, -0.1) is 0 Å². The van der Waals surface area contributed by atoms with Gasteiger partial charge in [-0.2, -0.15) is 0 Å². The molecule has 1 atom stereocenters. The van der Waals surface area contributed by atoms with Crippen molar-refractivity contribution in [3.63, 3.8) is 0 Å². The van der Waals surface area contributed by atoms with Crippen LogP contribution in [0.25, 0.3) is 0 Å². The van der Waals surface area contributed by atoms with Gasteiger partial charge in [0.2, 0.25) is 0 Å². The molecule has 0 fully saturated rings. The summed E-state index contributed by atoms with van der Waals surface area (Å²) in [4.78, 5) is 27.4. The molecule has 1 unspecified atom stereocenters. The molecule has 0 bridgehead atoms. The molecule has 2 aromatic rings. The van der Waals surface area contributed by atoms with Crippen LogP contribution in [-0.2, 0) is 16.1 Å². The van der Waals surface area contributed by atoms with Crippen LogP contribution < -0.4 is 5.32 Å². The number of allylic oxidation sites excluding steroid dienone is 1. The first-order valence-corrected chi connectivity index (χ1v) is 9.54. The van der Waals surface area contributed by atoms with Gasteiger partial charge in [-0.3, -0.25) is 4.90 Å². The van der Waals surface area contributed by atoms with Crippen molar-refractivity contribution in [2.75, 3.05) is 0 Å². The Hall–Kier alpha value is -2.79. The van der Waals surface area contributed by atoms with Crippen LogP contribution in [-0.4, -0.2) is 23.0 Å². The molecule has 2 aromatic carbocycles. The van der Waals surface area contributed by atoms with Gasteiger partial charge in [-0.05, 0) is 38.0 Å². The molecule has 5 nitrogen and oxygen atoms in total. The average Bonchev–Trinajstić information content (AvgIpc) is 2.65. The minimum Gasteiger partial charge on any atom is -0.459 e. The molecule has 0 aliphatic carbocycles. The van der Waals surface area contributed by atoms with E-state index in [1.165, 1.54) is 0 Å². The molecule has 6 heteroatoms. The monoisotopic (exact) mass is 398 g/mol. The van der Waals surface area contributed by atoms with E-state index >= 15 is 0 Å². The summed E-state index contributed by atoms with van der Waals surface area (Å²) in [7, 11) is 0. The number of nitrogens with zero attached hydrogens (tertiary/aromatic N) is 1. The lowest BCUT2D eigenvalue weighted by Gasteiger charge is -2.36. The third-order valence-electron chi connectivity index (χ3n) is 4.56. The number of amides is 2. The first-order valence-electron chi connectivity index (χ1n) is 9.16. The number of carbonyl (C=O) groups is 2. The summed E-state index contributed by atoms with van der Waals surface area (Å²) in [5.74, 6) is -0.463. The van der Waals surface area contributed by atoms with E-state index in [0.717, 1.165) is 5.56 Å². The van der Waals surface area contributed by atoms with Crippen LogP contribution in [0.1, 0.15) is 37.9 Å². The Kier molecular flexibility index (Phi) is 6.05. The number of esters is 1. The van der Waals surface area contributed by atoms with Crippen LogP contribution in [0, 0.1) is 0 Å². The van der Waals surface area contributed by atoms with Crippen molar-refractivity contribution in [2.45, 2.75) is 39.5 Å². The Balaban J connectivity index is 2.06. The van der Waals surface area contributed by atoms with Crippen molar-refractivity contribution in [3.05, 3.63) is 82.0 Å². The van der Waals surface area contributed by atoms with E-state index in [1.54, 1.807) is 43.9 Å². The maximum atomic E-state index is 12.9. The molecule has 1 aliphatic heterocycles. The van der Waals surface area contributed by atoms with E-state index in [2.05, 4.69) is 5.32 Å². The van der Waals surface area contributed by atoms with Gasteiger partial charge in [0, 0.05) is 10.7 Å². The molecule has 0 saturated heterocycles. The number of urea groups is 1. The summed E-state index contributed by atoms with van der Waals surface area (Å²) in [5, 5.41) is 3.40. The maximum Gasteiger partial charge on any atom is 0.338 e. The highest BCUT2D eigenvalue weighted by Crippen LogP contribution is 2.35. The SMILES string of the molecule is CC1=C(C(=O)OC(C)C)C(c2ccccc2Cl)NC(=O)N1Cc1ccccc1.